The standard InChI is InChI=1S/C20H20FN3O/c1-3-14-4-6-16(7-5-14)20(25)23-18(19-22-12-13-24(19)2)15-8-10-17(21)11-9-15/h4-13,18H,3H2,1-2H3,(H,23,25). The third-order valence-electron chi connectivity index (χ3n) is 4.22. The fourth-order valence-electron chi connectivity index (χ4n) is 2.71. The van der Waals surface area contributed by atoms with Crippen LogP contribution in [-0.4, -0.2) is 15.5 Å². The Labute approximate surface area is 146 Å². The van der Waals surface area contributed by atoms with E-state index in [2.05, 4.69) is 17.2 Å². The van der Waals surface area contributed by atoms with Gasteiger partial charge in [-0.2, -0.15) is 0 Å². The molecular weight excluding hydrogens is 317 g/mol. The summed E-state index contributed by atoms with van der Waals surface area (Å²) in [5.74, 6) is 0.175. The Hall–Kier alpha value is -2.95. The number of aryl methyl sites for hydroxylation is 2. The van der Waals surface area contributed by atoms with Crippen molar-refractivity contribution in [3.8, 4) is 0 Å². The molecule has 0 aliphatic carbocycles. The van der Waals surface area contributed by atoms with Crippen LogP contribution in [0.3, 0.4) is 0 Å². The molecule has 128 valence electrons. The minimum Gasteiger partial charge on any atom is -0.338 e. The normalized spacial score (nSPS) is 12.0. The minimum absolute atomic E-state index is 0.194. The maximum absolute atomic E-state index is 13.3. The lowest BCUT2D eigenvalue weighted by Gasteiger charge is -2.19. The zero-order chi connectivity index (χ0) is 17.8. The van der Waals surface area contributed by atoms with Gasteiger partial charge >= 0.3 is 0 Å². The van der Waals surface area contributed by atoms with E-state index in [1.165, 1.54) is 17.7 Å². The van der Waals surface area contributed by atoms with Gasteiger partial charge in [0.05, 0.1) is 0 Å². The van der Waals surface area contributed by atoms with Crippen LogP contribution in [0.1, 0.15) is 40.3 Å². The lowest BCUT2D eigenvalue weighted by molar-refractivity contribution is 0.0941. The van der Waals surface area contributed by atoms with E-state index < -0.39 is 6.04 Å². The lowest BCUT2D eigenvalue weighted by atomic mass is 10.0. The van der Waals surface area contributed by atoms with Gasteiger partial charge in [0.25, 0.3) is 5.91 Å². The number of carbonyl (C=O) groups excluding carboxylic acids is 1. The Kier molecular flexibility index (Phi) is 4.93. The smallest absolute Gasteiger partial charge is 0.252 e. The van der Waals surface area contributed by atoms with E-state index >= 15 is 0 Å². The monoisotopic (exact) mass is 337 g/mol. The summed E-state index contributed by atoms with van der Waals surface area (Å²) >= 11 is 0. The number of nitrogens with zero attached hydrogens (tertiary/aromatic N) is 2. The van der Waals surface area contributed by atoms with Gasteiger partial charge in [-0.3, -0.25) is 4.79 Å². The Morgan fingerprint density at radius 3 is 2.40 bits per heavy atom. The summed E-state index contributed by atoms with van der Waals surface area (Å²) < 4.78 is 15.1. The van der Waals surface area contributed by atoms with E-state index in [0.29, 0.717) is 11.4 Å². The number of imidazole rings is 1. The van der Waals surface area contributed by atoms with Gasteiger partial charge in [-0.1, -0.05) is 31.2 Å². The number of rotatable bonds is 5. The summed E-state index contributed by atoms with van der Waals surface area (Å²) in [7, 11) is 1.86. The van der Waals surface area contributed by atoms with Crippen LogP contribution in [-0.2, 0) is 13.5 Å². The van der Waals surface area contributed by atoms with Gasteiger partial charge in [0.15, 0.2) is 0 Å². The van der Waals surface area contributed by atoms with E-state index in [9.17, 15) is 9.18 Å². The van der Waals surface area contributed by atoms with Crippen LogP contribution >= 0.6 is 0 Å². The highest BCUT2D eigenvalue weighted by Gasteiger charge is 2.21. The number of nitrogens with one attached hydrogen (secondary N) is 1. The number of amides is 1. The highest BCUT2D eigenvalue weighted by molar-refractivity contribution is 5.94. The van der Waals surface area contributed by atoms with Gasteiger partial charge < -0.3 is 9.88 Å². The average molecular weight is 337 g/mol. The molecule has 0 aliphatic rings. The molecule has 25 heavy (non-hydrogen) atoms. The Bertz CT molecular complexity index is 853. The van der Waals surface area contributed by atoms with Crippen molar-refractivity contribution < 1.29 is 9.18 Å². The van der Waals surface area contributed by atoms with Crippen molar-refractivity contribution in [1.82, 2.24) is 14.9 Å². The lowest BCUT2D eigenvalue weighted by Crippen LogP contribution is -2.31. The van der Waals surface area contributed by atoms with Crippen LogP contribution in [0.25, 0.3) is 0 Å². The number of benzene rings is 2. The number of hydrogen-bond acceptors (Lipinski definition) is 2. The average Bonchev–Trinajstić information content (AvgIpc) is 3.06. The maximum atomic E-state index is 13.3. The largest absolute Gasteiger partial charge is 0.338 e. The molecule has 0 radical (unpaired) electrons. The molecule has 0 spiro atoms. The molecule has 1 amide bonds. The van der Waals surface area contributed by atoms with E-state index in [-0.39, 0.29) is 11.7 Å². The zero-order valence-electron chi connectivity index (χ0n) is 14.2. The quantitative estimate of drug-likeness (QED) is 0.773. The number of halogens is 1. The number of carbonyl (C=O) groups is 1. The molecule has 0 saturated heterocycles. The second kappa shape index (κ2) is 7.30. The van der Waals surface area contributed by atoms with Gasteiger partial charge in [0.1, 0.15) is 17.7 Å². The second-order valence-corrected chi connectivity index (χ2v) is 5.90. The molecule has 0 saturated carbocycles. The molecule has 0 bridgehead atoms. The number of aromatic nitrogens is 2. The van der Waals surface area contributed by atoms with Crippen molar-refractivity contribution in [3.63, 3.8) is 0 Å². The third kappa shape index (κ3) is 3.76. The van der Waals surface area contributed by atoms with Crippen molar-refractivity contribution in [2.75, 3.05) is 0 Å². The maximum Gasteiger partial charge on any atom is 0.252 e. The van der Waals surface area contributed by atoms with Gasteiger partial charge in [-0.15, -0.1) is 0 Å². The Morgan fingerprint density at radius 2 is 1.84 bits per heavy atom. The van der Waals surface area contributed by atoms with Crippen molar-refractivity contribution in [3.05, 3.63) is 89.3 Å². The molecular formula is C20H20FN3O. The second-order valence-electron chi connectivity index (χ2n) is 5.90. The molecule has 0 fully saturated rings. The van der Waals surface area contributed by atoms with Crippen LogP contribution in [0.4, 0.5) is 4.39 Å². The first kappa shape index (κ1) is 16.9. The van der Waals surface area contributed by atoms with Gasteiger partial charge in [-0.05, 0) is 41.8 Å². The molecule has 4 nitrogen and oxygen atoms in total. The van der Waals surface area contributed by atoms with E-state index in [1.54, 1.807) is 18.3 Å². The van der Waals surface area contributed by atoms with Crippen LogP contribution < -0.4 is 5.32 Å². The summed E-state index contributed by atoms with van der Waals surface area (Å²) in [4.78, 5) is 17.0. The summed E-state index contributed by atoms with van der Waals surface area (Å²) in [5, 5.41) is 3.01. The summed E-state index contributed by atoms with van der Waals surface area (Å²) in [6, 6.07) is 13.2. The molecule has 0 aliphatic heterocycles. The molecule has 1 N–H and O–H groups in total. The molecule has 3 rings (SSSR count). The molecule has 1 aromatic heterocycles. The van der Waals surface area contributed by atoms with E-state index in [1.807, 2.05) is 42.1 Å². The first-order valence-corrected chi connectivity index (χ1v) is 8.21. The third-order valence-corrected chi connectivity index (χ3v) is 4.22. The summed E-state index contributed by atoms with van der Waals surface area (Å²) in [6.07, 6.45) is 4.41. The molecule has 1 unspecified atom stereocenters. The molecule has 1 atom stereocenters. The van der Waals surface area contributed by atoms with Crippen LogP contribution in [0.2, 0.25) is 0 Å². The van der Waals surface area contributed by atoms with Crippen molar-refractivity contribution >= 4 is 5.91 Å². The zero-order valence-corrected chi connectivity index (χ0v) is 14.2. The van der Waals surface area contributed by atoms with Crippen molar-refractivity contribution in [2.24, 2.45) is 7.05 Å². The predicted molar refractivity (Wildman–Crippen MR) is 94.7 cm³/mol. The van der Waals surface area contributed by atoms with Crippen molar-refractivity contribution in [1.29, 1.82) is 0 Å². The van der Waals surface area contributed by atoms with Crippen LogP contribution in [0.5, 0.6) is 0 Å². The summed E-state index contributed by atoms with van der Waals surface area (Å²) in [5.41, 5.74) is 2.53. The molecule has 2 aromatic carbocycles. The predicted octanol–water partition coefficient (Wildman–Crippen LogP) is 3.64. The van der Waals surface area contributed by atoms with Gasteiger partial charge in [-0.25, -0.2) is 9.37 Å². The highest BCUT2D eigenvalue weighted by atomic mass is 19.1. The minimum atomic E-state index is -0.459. The van der Waals surface area contributed by atoms with E-state index in [4.69, 9.17) is 0 Å². The summed E-state index contributed by atoms with van der Waals surface area (Å²) in [6.45, 7) is 2.07. The molecule has 5 heteroatoms. The fourth-order valence-corrected chi connectivity index (χ4v) is 2.71. The Morgan fingerprint density at radius 1 is 1.16 bits per heavy atom. The van der Waals surface area contributed by atoms with Gasteiger partial charge in [0, 0.05) is 25.0 Å². The van der Waals surface area contributed by atoms with Gasteiger partial charge in [0.2, 0.25) is 0 Å². The fraction of sp³-hybridized carbons (Fsp3) is 0.200. The van der Waals surface area contributed by atoms with Crippen molar-refractivity contribution in [2.45, 2.75) is 19.4 Å². The Balaban J connectivity index is 1.90. The first-order chi connectivity index (χ1) is 12.1. The van der Waals surface area contributed by atoms with E-state index in [0.717, 1.165) is 12.0 Å². The SMILES string of the molecule is CCc1ccc(C(=O)NC(c2ccc(F)cc2)c2nccn2C)cc1. The highest BCUT2D eigenvalue weighted by Crippen LogP contribution is 2.21. The topological polar surface area (TPSA) is 46.9 Å². The van der Waals surface area contributed by atoms with Crippen LogP contribution in [0.15, 0.2) is 60.9 Å². The molecule has 1 heterocycles. The first-order valence-electron chi connectivity index (χ1n) is 8.21. The number of hydrogen-bond donors (Lipinski definition) is 1. The molecule has 3 aromatic rings. The van der Waals surface area contributed by atoms with Crippen LogP contribution in [0, 0.1) is 5.82 Å².